The molecule has 0 saturated carbocycles. The van der Waals surface area contributed by atoms with Gasteiger partial charge in [-0.25, -0.2) is 0 Å². The summed E-state index contributed by atoms with van der Waals surface area (Å²) in [5.41, 5.74) is 1.34. The minimum Gasteiger partial charge on any atom is -0.395 e. The Bertz CT molecular complexity index is 428. The van der Waals surface area contributed by atoms with Crippen molar-refractivity contribution in [1.82, 2.24) is 4.90 Å². The summed E-state index contributed by atoms with van der Waals surface area (Å²) in [6, 6.07) is 11.8. The first-order valence-corrected chi connectivity index (χ1v) is 6.93. The number of aliphatic hydroxyl groups is 1. The Balaban J connectivity index is 1.89. The summed E-state index contributed by atoms with van der Waals surface area (Å²) in [5, 5.41) is 9.70. The fourth-order valence-corrected chi connectivity index (χ4v) is 3.57. The van der Waals surface area contributed by atoms with Gasteiger partial charge in [0, 0.05) is 18.1 Å². The van der Waals surface area contributed by atoms with Crippen molar-refractivity contribution in [3.8, 4) is 0 Å². The first-order valence-electron chi connectivity index (χ1n) is 6.93. The van der Waals surface area contributed by atoms with E-state index in [1.165, 1.54) is 18.4 Å². The Kier molecular flexibility index (Phi) is 3.23. The molecular formula is C16H21NO. The summed E-state index contributed by atoms with van der Waals surface area (Å²) < 4.78 is 0. The lowest BCUT2D eigenvalue weighted by Crippen LogP contribution is -2.55. The molecular weight excluding hydrogens is 222 g/mol. The Hall–Kier alpha value is -1.12. The molecule has 2 aliphatic heterocycles. The molecule has 0 aromatic heterocycles. The van der Waals surface area contributed by atoms with Gasteiger partial charge in [-0.2, -0.15) is 0 Å². The topological polar surface area (TPSA) is 23.5 Å². The van der Waals surface area contributed by atoms with Gasteiger partial charge in [0.1, 0.15) is 0 Å². The summed E-state index contributed by atoms with van der Waals surface area (Å²) in [6.45, 7) is 2.52. The minimum absolute atomic E-state index is 0.267. The molecule has 18 heavy (non-hydrogen) atoms. The van der Waals surface area contributed by atoms with Crippen molar-refractivity contribution in [2.75, 3.05) is 6.61 Å². The fraction of sp³-hybridized carbons (Fsp3) is 0.500. The number of hydrogen-bond acceptors (Lipinski definition) is 2. The highest BCUT2D eigenvalue weighted by Crippen LogP contribution is 2.39. The standard InChI is InChI=1S/C16H21NO/c1-12(13-5-3-2-4-6-13)17-15-9-7-14(8-10-15)16(17)11-18/h2-7,9,12,14-16,18H,8,10-11H2,1H3/t12-,14?,15?,16?/m1/s1. The number of nitrogens with zero attached hydrogens (tertiary/aromatic N) is 1. The summed E-state index contributed by atoms with van der Waals surface area (Å²) in [4.78, 5) is 2.50. The second-order valence-electron chi connectivity index (χ2n) is 5.48. The molecule has 3 unspecified atom stereocenters. The van der Waals surface area contributed by atoms with Crippen LogP contribution in [0.1, 0.15) is 31.4 Å². The van der Waals surface area contributed by atoms with Gasteiger partial charge in [0.15, 0.2) is 0 Å². The zero-order valence-electron chi connectivity index (χ0n) is 10.9. The third kappa shape index (κ3) is 1.90. The Morgan fingerprint density at radius 2 is 2.00 bits per heavy atom. The van der Waals surface area contributed by atoms with Crippen molar-refractivity contribution in [2.24, 2.45) is 5.92 Å². The molecule has 2 nitrogen and oxygen atoms in total. The van der Waals surface area contributed by atoms with Crippen molar-refractivity contribution in [3.05, 3.63) is 48.0 Å². The van der Waals surface area contributed by atoms with Gasteiger partial charge < -0.3 is 5.11 Å². The minimum atomic E-state index is 0.267. The summed E-state index contributed by atoms with van der Waals surface area (Å²) in [7, 11) is 0. The fourth-order valence-electron chi connectivity index (χ4n) is 3.57. The Labute approximate surface area is 109 Å². The van der Waals surface area contributed by atoms with Crippen LogP contribution in [0.5, 0.6) is 0 Å². The van der Waals surface area contributed by atoms with Gasteiger partial charge in [-0.15, -0.1) is 0 Å². The third-order valence-corrected chi connectivity index (χ3v) is 4.55. The second kappa shape index (κ2) is 4.87. The van der Waals surface area contributed by atoms with Crippen LogP contribution in [-0.2, 0) is 0 Å². The van der Waals surface area contributed by atoms with Crippen LogP contribution in [-0.4, -0.2) is 28.7 Å². The van der Waals surface area contributed by atoms with E-state index >= 15 is 0 Å². The first-order chi connectivity index (χ1) is 8.81. The van der Waals surface area contributed by atoms with Crippen molar-refractivity contribution in [3.63, 3.8) is 0 Å². The zero-order chi connectivity index (χ0) is 12.5. The molecule has 2 bridgehead atoms. The van der Waals surface area contributed by atoms with Crippen LogP contribution in [0.2, 0.25) is 0 Å². The molecule has 4 atom stereocenters. The molecule has 4 rings (SSSR count). The largest absolute Gasteiger partial charge is 0.395 e. The van der Waals surface area contributed by atoms with Gasteiger partial charge in [0.2, 0.25) is 0 Å². The maximum atomic E-state index is 9.70. The molecule has 1 aromatic carbocycles. The number of benzene rings is 1. The lowest BCUT2D eigenvalue weighted by Gasteiger charge is -2.50. The van der Waals surface area contributed by atoms with Crippen LogP contribution in [0.4, 0.5) is 0 Å². The summed E-state index contributed by atoms with van der Waals surface area (Å²) in [6.07, 6.45) is 7.10. The van der Waals surface area contributed by atoms with Crippen LogP contribution in [0, 0.1) is 5.92 Å². The number of rotatable bonds is 3. The molecule has 96 valence electrons. The van der Waals surface area contributed by atoms with E-state index in [0.29, 0.717) is 24.0 Å². The van der Waals surface area contributed by atoms with Crippen LogP contribution in [0.25, 0.3) is 0 Å². The van der Waals surface area contributed by atoms with E-state index in [9.17, 15) is 5.11 Å². The highest BCUT2D eigenvalue weighted by molar-refractivity contribution is 5.22. The molecule has 1 aliphatic carbocycles. The van der Waals surface area contributed by atoms with E-state index in [-0.39, 0.29) is 6.61 Å². The van der Waals surface area contributed by atoms with Gasteiger partial charge in [-0.1, -0.05) is 42.5 Å². The van der Waals surface area contributed by atoms with E-state index in [2.05, 4.69) is 54.3 Å². The SMILES string of the molecule is C[C@H](c1ccccc1)N1C2C=CC(CC2)C1CO. The van der Waals surface area contributed by atoms with Crippen LogP contribution >= 0.6 is 0 Å². The van der Waals surface area contributed by atoms with E-state index in [0.717, 1.165) is 0 Å². The monoisotopic (exact) mass is 243 g/mol. The molecule has 0 spiro atoms. The van der Waals surface area contributed by atoms with Gasteiger partial charge >= 0.3 is 0 Å². The average Bonchev–Trinajstić information content (AvgIpc) is 2.47. The molecule has 2 heteroatoms. The smallest absolute Gasteiger partial charge is 0.0593 e. The zero-order valence-corrected chi connectivity index (χ0v) is 10.9. The number of fused-ring (bicyclic) bond motifs is 2. The first kappa shape index (κ1) is 11.9. The number of piperidine rings is 1. The summed E-state index contributed by atoms with van der Waals surface area (Å²) in [5.74, 6) is 0.533. The normalized spacial score (nSPS) is 32.7. The molecule has 0 radical (unpaired) electrons. The molecule has 1 N–H and O–H groups in total. The van der Waals surface area contributed by atoms with Gasteiger partial charge in [0.05, 0.1) is 6.61 Å². The Morgan fingerprint density at radius 3 is 2.61 bits per heavy atom. The van der Waals surface area contributed by atoms with E-state index in [4.69, 9.17) is 0 Å². The van der Waals surface area contributed by atoms with E-state index < -0.39 is 0 Å². The van der Waals surface area contributed by atoms with Crippen LogP contribution in [0.3, 0.4) is 0 Å². The molecule has 1 saturated heterocycles. The van der Waals surface area contributed by atoms with Crippen molar-refractivity contribution >= 4 is 0 Å². The average molecular weight is 243 g/mol. The van der Waals surface area contributed by atoms with E-state index in [1.54, 1.807) is 0 Å². The summed E-state index contributed by atoms with van der Waals surface area (Å²) >= 11 is 0. The Morgan fingerprint density at radius 1 is 1.22 bits per heavy atom. The number of hydrogen-bond donors (Lipinski definition) is 1. The van der Waals surface area contributed by atoms with Gasteiger partial charge in [-0.3, -0.25) is 4.90 Å². The van der Waals surface area contributed by atoms with Crippen molar-refractivity contribution < 1.29 is 5.11 Å². The van der Waals surface area contributed by atoms with E-state index in [1.807, 2.05) is 0 Å². The lowest BCUT2D eigenvalue weighted by atomic mass is 9.78. The van der Waals surface area contributed by atoms with Crippen LogP contribution < -0.4 is 0 Å². The molecule has 0 amide bonds. The van der Waals surface area contributed by atoms with Gasteiger partial charge in [-0.05, 0) is 31.2 Å². The predicted octanol–water partition coefficient (Wildman–Crippen LogP) is 2.76. The van der Waals surface area contributed by atoms with Crippen molar-refractivity contribution in [1.29, 1.82) is 0 Å². The molecule has 1 aromatic rings. The molecule has 3 aliphatic rings. The predicted molar refractivity (Wildman–Crippen MR) is 73.2 cm³/mol. The quantitative estimate of drug-likeness (QED) is 0.825. The van der Waals surface area contributed by atoms with Crippen LogP contribution in [0.15, 0.2) is 42.5 Å². The highest BCUT2D eigenvalue weighted by atomic mass is 16.3. The maximum absolute atomic E-state index is 9.70. The maximum Gasteiger partial charge on any atom is 0.0593 e. The molecule has 2 heterocycles. The number of aliphatic hydroxyl groups excluding tert-OH is 1. The molecule has 1 fully saturated rings. The second-order valence-corrected chi connectivity index (χ2v) is 5.48. The highest BCUT2D eigenvalue weighted by Gasteiger charge is 2.40. The van der Waals surface area contributed by atoms with Crippen molar-refractivity contribution in [2.45, 2.75) is 37.9 Å². The lowest BCUT2D eigenvalue weighted by molar-refractivity contribution is -0.00221. The third-order valence-electron chi connectivity index (χ3n) is 4.55. The van der Waals surface area contributed by atoms with Gasteiger partial charge in [0.25, 0.3) is 0 Å².